The molecule has 0 saturated heterocycles. The topological polar surface area (TPSA) is 110 Å². The fourth-order valence-electron chi connectivity index (χ4n) is 2.76. The molecule has 3 aromatic rings. The highest BCUT2D eigenvalue weighted by atomic mass is 16.2. The van der Waals surface area contributed by atoms with E-state index in [0.29, 0.717) is 5.69 Å². The Balaban J connectivity index is 1.68. The maximum Gasteiger partial charge on any atom is 0.270 e. The first-order valence-electron chi connectivity index (χ1n) is 9.28. The molecule has 0 bridgehead atoms. The minimum Gasteiger partial charge on any atom is -0.399 e. The van der Waals surface area contributed by atoms with E-state index in [-0.39, 0.29) is 35.8 Å². The molecular weight excluding hydrogens is 366 g/mol. The van der Waals surface area contributed by atoms with E-state index in [1.807, 2.05) is 44.2 Å². The third kappa shape index (κ3) is 5.38. The Labute approximate surface area is 169 Å². The molecule has 2 aromatic heterocycles. The average molecular weight is 389 g/mol. The quantitative estimate of drug-likeness (QED) is 0.562. The standard InChI is InChI=1S/C22H23N5O2/c1-14(2)26-22(29)20-8-4-7-19(27-20)21(28)25-12-15-9-17(13-24-11-15)16-5-3-6-18(23)10-16/h3-11,13-14H,12,23H2,1-2H3,(H,25,28)(H,26,29). The number of carbonyl (C=O) groups excluding carboxylic acids is 2. The van der Waals surface area contributed by atoms with Crippen LogP contribution in [0.2, 0.25) is 0 Å². The van der Waals surface area contributed by atoms with E-state index in [9.17, 15) is 9.59 Å². The molecule has 0 aliphatic rings. The molecule has 0 aliphatic heterocycles. The van der Waals surface area contributed by atoms with Crippen molar-refractivity contribution in [3.05, 3.63) is 77.9 Å². The maximum absolute atomic E-state index is 12.5. The third-order valence-corrected chi connectivity index (χ3v) is 4.10. The fraction of sp³-hybridized carbons (Fsp3) is 0.182. The molecule has 0 atom stereocenters. The van der Waals surface area contributed by atoms with Gasteiger partial charge in [-0.1, -0.05) is 18.2 Å². The number of hydrogen-bond donors (Lipinski definition) is 3. The zero-order chi connectivity index (χ0) is 20.8. The van der Waals surface area contributed by atoms with Crippen LogP contribution in [0, 0.1) is 0 Å². The molecule has 0 aliphatic carbocycles. The molecule has 0 saturated carbocycles. The van der Waals surface area contributed by atoms with E-state index in [2.05, 4.69) is 20.6 Å². The number of nitrogens with one attached hydrogen (secondary N) is 2. The van der Waals surface area contributed by atoms with Crippen molar-refractivity contribution in [1.82, 2.24) is 20.6 Å². The van der Waals surface area contributed by atoms with Gasteiger partial charge in [0.15, 0.2) is 0 Å². The Kier molecular flexibility index (Phi) is 6.19. The zero-order valence-electron chi connectivity index (χ0n) is 16.3. The SMILES string of the molecule is CC(C)NC(=O)c1cccc(C(=O)NCc2cncc(-c3cccc(N)c3)c2)n1. The first kappa shape index (κ1) is 20.0. The van der Waals surface area contributed by atoms with Crippen LogP contribution in [0.25, 0.3) is 11.1 Å². The minimum atomic E-state index is -0.362. The van der Waals surface area contributed by atoms with Crippen molar-refractivity contribution >= 4 is 17.5 Å². The summed E-state index contributed by atoms with van der Waals surface area (Å²) in [5.41, 5.74) is 9.61. The number of nitrogens with two attached hydrogens (primary N) is 1. The molecule has 3 rings (SSSR count). The summed E-state index contributed by atoms with van der Waals surface area (Å²) in [7, 11) is 0. The highest BCUT2D eigenvalue weighted by Crippen LogP contribution is 2.21. The van der Waals surface area contributed by atoms with Crippen LogP contribution in [0.5, 0.6) is 0 Å². The predicted molar refractivity (Wildman–Crippen MR) is 112 cm³/mol. The van der Waals surface area contributed by atoms with Gasteiger partial charge in [-0.3, -0.25) is 14.6 Å². The largest absolute Gasteiger partial charge is 0.399 e. The van der Waals surface area contributed by atoms with Gasteiger partial charge in [-0.15, -0.1) is 0 Å². The van der Waals surface area contributed by atoms with Crippen LogP contribution in [0.15, 0.2) is 60.9 Å². The summed E-state index contributed by atoms with van der Waals surface area (Å²) in [6, 6.07) is 14.3. The summed E-state index contributed by atoms with van der Waals surface area (Å²) < 4.78 is 0. The molecule has 148 valence electrons. The van der Waals surface area contributed by atoms with Gasteiger partial charge in [-0.2, -0.15) is 0 Å². The van der Waals surface area contributed by atoms with Gasteiger partial charge < -0.3 is 16.4 Å². The number of aromatic nitrogens is 2. The summed E-state index contributed by atoms with van der Waals surface area (Å²) in [5, 5.41) is 5.57. The lowest BCUT2D eigenvalue weighted by Gasteiger charge is -2.09. The molecule has 2 amide bonds. The number of nitrogens with zero attached hydrogens (tertiary/aromatic N) is 2. The van der Waals surface area contributed by atoms with Gasteiger partial charge in [0.1, 0.15) is 11.4 Å². The van der Waals surface area contributed by atoms with Gasteiger partial charge in [0.2, 0.25) is 0 Å². The van der Waals surface area contributed by atoms with Crippen molar-refractivity contribution in [3.8, 4) is 11.1 Å². The fourth-order valence-corrected chi connectivity index (χ4v) is 2.76. The molecule has 0 radical (unpaired) electrons. The molecule has 7 nitrogen and oxygen atoms in total. The summed E-state index contributed by atoms with van der Waals surface area (Å²) in [4.78, 5) is 33.0. The Morgan fingerprint density at radius 3 is 2.41 bits per heavy atom. The lowest BCUT2D eigenvalue weighted by atomic mass is 10.1. The van der Waals surface area contributed by atoms with Gasteiger partial charge in [0, 0.05) is 36.2 Å². The van der Waals surface area contributed by atoms with Gasteiger partial charge in [-0.05, 0) is 55.3 Å². The van der Waals surface area contributed by atoms with Gasteiger partial charge in [-0.25, -0.2) is 4.98 Å². The normalized spacial score (nSPS) is 10.6. The molecule has 4 N–H and O–H groups in total. The van der Waals surface area contributed by atoms with Crippen molar-refractivity contribution in [2.45, 2.75) is 26.4 Å². The summed E-state index contributed by atoms with van der Waals surface area (Å²) in [5.74, 6) is -0.674. The van der Waals surface area contributed by atoms with E-state index < -0.39 is 0 Å². The molecule has 0 fully saturated rings. The Morgan fingerprint density at radius 1 is 0.966 bits per heavy atom. The van der Waals surface area contributed by atoms with E-state index in [1.165, 1.54) is 0 Å². The van der Waals surface area contributed by atoms with E-state index >= 15 is 0 Å². The summed E-state index contributed by atoms with van der Waals surface area (Å²) in [6.45, 7) is 4.01. The van der Waals surface area contributed by atoms with Crippen molar-refractivity contribution in [2.75, 3.05) is 5.73 Å². The molecule has 1 aromatic carbocycles. The second-order valence-electron chi connectivity index (χ2n) is 6.93. The Morgan fingerprint density at radius 2 is 1.69 bits per heavy atom. The lowest BCUT2D eigenvalue weighted by molar-refractivity contribution is 0.0936. The second-order valence-corrected chi connectivity index (χ2v) is 6.93. The summed E-state index contributed by atoms with van der Waals surface area (Å²) in [6.07, 6.45) is 3.44. The number of pyridine rings is 2. The van der Waals surface area contributed by atoms with E-state index in [1.54, 1.807) is 30.6 Å². The zero-order valence-corrected chi connectivity index (χ0v) is 16.3. The van der Waals surface area contributed by atoms with Gasteiger partial charge >= 0.3 is 0 Å². The van der Waals surface area contributed by atoms with Crippen molar-refractivity contribution in [3.63, 3.8) is 0 Å². The van der Waals surface area contributed by atoms with Crippen molar-refractivity contribution in [1.29, 1.82) is 0 Å². The van der Waals surface area contributed by atoms with E-state index in [4.69, 9.17) is 5.73 Å². The number of benzene rings is 1. The van der Waals surface area contributed by atoms with Crippen LogP contribution in [0.4, 0.5) is 5.69 Å². The minimum absolute atomic E-state index is 0.0125. The van der Waals surface area contributed by atoms with Gasteiger partial charge in [0.25, 0.3) is 11.8 Å². The lowest BCUT2D eigenvalue weighted by Crippen LogP contribution is -2.31. The number of rotatable bonds is 6. The van der Waals surface area contributed by atoms with E-state index in [0.717, 1.165) is 16.7 Å². The van der Waals surface area contributed by atoms with Crippen molar-refractivity contribution in [2.24, 2.45) is 0 Å². The molecular formula is C22H23N5O2. The molecule has 0 unspecified atom stereocenters. The van der Waals surface area contributed by atoms with Crippen LogP contribution in [0.3, 0.4) is 0 Å². The number of hydrogen-bond acceptors (Lipinski definition) is 5. The monoisotopic (exact) mass is 389 g/mol. The second kappa shape index (κ2) is 8.97. The van der Waals surface area contributed by atoms with Crippen LogP contribution >= 0.6 is 0 Å². The van der Waals surface area contributed by atoms with Crippen molar-refractivity contribution < 1.29 is 9.59 Å². The average Bonchev–Trinajstić information content (AvgIpc) is 2.72. The van der Waals surface area contributed by atoms with Crippen LogP contribution in [-0.2, 0) is 6.54 Å². The third-order valence-electron chi connectivity index (χ3n) is 4.10. The number of anilines is 1. The Hall–Kier alpha value is -3.74. The summed E-state index contributed by atoms with van der Waals surface area (Å²) >= 11 is 0. The highest BCUT2D eigenvalue weighted by Gasteiger charge is 2.13. The number of nitrogen functional groups attached to an aromatic ring is 1. The Bertz CT molecular complexity index is 1030. The number of amides is 2. The smallest absolute Gasteiger partial charge is 0.270 e. The highest BCUT2D eigenvalue weighted by molar-refractivity contribution is 5.96. The molecule has 7 heteroatoms. The van der Waals surface area contributed by atoms with Crippen LogP contribution in [0.1, 0.15) is 40.4 Å². The van der Waals surface area contributed by atoms with Crippen LogP contribution in [-0.4, -0.2) is 27.8 Å². The maximum atomic E-state index is 12.5. The first-order chi connectivity index (χ1) is 13.9. The molecule has 29 heavy (non-hydrogen) atoms. The van der Waals surface area contributed by atoms with Gasteiger partial charge in [0.05, 0.1) is 0 Å². The molecule has 0 spiro atoms. The number of carbonyl (C=O) groups is 2. The first-order valence-corrected chi connectivity index (χ1v) is 9.28. The molecule has 2 heterocycles. The predicted octanol–water partition coefficient (Wildman–Crippen LogP) is 2.79. The van der Waals surface area contributed by atoms with Crippen LogP contribution < -0.4 is 16.4 Å².